The molecule has 0 bridgehead atoms. The van der Waals surface area contributed by atoms with Crippen molar-refractivity contribution in [2.75, 3.05) is 6.61 Å². The molecule has 18 heavy (non-hydrogen) atoms. The van der Waals surface area contributed by atoms with Gasteiger partial charge in [-0.25, -0.2) is 4.39 Å². The van der Waals surface area contributed by atoms with Gasteiger partial charge in [0, 0.05) is 6.61 Å². The van der Waals surface area contributed by atoms with Crippen LogP contribution in [0.1, 0.15) is 23.7 Å². The van der Waals surface area contributed by atoms with E-state index in [1.54, 1.807) is 0 Å². The highest BCUT2D eigenvalue weighted by molar-refractivity contribution is 5.28. The molecule has 0 aromatic heterocycles. The fourth-order valence-corrected chi connectivity index (χ4v) is 1.46. The van der Waals surface area contributed by atoms with Gasteiger partial charge in [-0.1, -0.05) is 6.07 Å². The lowest BCUT2D eigenvalue weighted by atomic mass is 10.0. The number of rotatable bonds is 4. The van der Waals surface area contributed by atoms with Crippen molar-refractivity contribution in [2.24, 2.45) is 0 Å². The van der Waals surface area contributed by atoms with E-state index < -0.39 is 36.4 Å². The molecule has 0 saturated heterocycles. The molecule has 0 heterocycles. The summed E-state index contributed by atoms with van der Waals surface area (Å²) < 4.78 is 50.0. The third kappa shape index (κ3) is 3.41. The zero-order chi connectivity index (χ0) is 13.9. The van der Waals surface area contributed by atoms with Crippen molar-refractivity contribution in [1.29, 1.82) is 0 Å². The van der Waals surface area contributed by atoms with Gasteiger partial charge in [0.15, 0.2) is 0 Å². The average molecular weight is 268 g/mol. The van der Waals surface area contributed by atoms with Gasteiger partial charge in [0.05, 0.1) is 11.7 Å². The molecule has 2 unspecified atom stereocenters. The molecule has 0 fully saturated rings. The second-order valence-electron chi connectivity index (χ2n) is 3.76. The van der Waals surface area contributed by atoms with Gasteiger partial charge < -0.3 is 15.3 Å². The van der Waals surface area contributed by atoms with Gasteiger partial charge in [0.2, 0.25) is 0 Å². The fourth-order valence-electron chi connectivity index (χ4n) is 1.46. The van der Waals surface area contributed by atoms with E-state index in [-0.39, 0.29) is 12.0 Å². The van der Waals surface area contributed by atoms with Crippen molar-refractivity contribution in [1.82, 2.24) is 0 Å². The molecule has 3 nitrogen and oxygen atoms in total. The van der Waals surface area contributed by atoms with Gasteiger partial charge in [-0.2, -0.15) is 13.2 Å². The quantitative estimate of drug-likeness (QED) is 0.727. The van der Waals surface area contributed by atoms with Crippen LogP contribution in [0.2, 0.25) is 0 Å². The zero-order valence-electron chi connectivity index (χ0n) is 9.15. The van der Waals surface area contributed by atoms with Crippen molar-refractivity contribution in [3.05, 3.63) is 35.1 Å². The molecule has 7 heteroatoms. The van der Waals surface area contributed by atoms with Gasteiger partial charge in [0.25, 0.3) is 0 Å². The molecule has 102 valence electrons. The van der Waals surface area contributed by atoms with Crippen LogP contribution in [0.15, 0.2) is 18.2 Å². The second-order valence-corrected chi connectivity index (χ2v) is 3.76. The van der Waals surface area contributed by atoms with Crippen LogP contribution < -0.4 is 0 Å². The van der Waals surface area contributed by atoms with Crippen molar-refractivity contribution in [2.45, 2.75) is 24.8 Å². The largest absolute Gasteiger partial charge is 0.419 e. The molecule has 2 atom stereocenters. The minimum atomic E-state index is -4.81. The number of benzene rings is 1. The molecular weight excluding hydrogens is 256 g/mol. The minimum Gasteiger partial charge on any atom is -0.396 e. The summed E-state index contributed by atoms with van der Waals surface area (Å²) in [6, 6.07) is 1.91. The summed E-state index contributed by atoms with van der Waals surface area (Å²) in [5.74, 6) is -1.52. The molecule has 0 saturated carbocycles. The van der Waals surface area contributed by atoms with Crippen LogP contribution >= 0.6 is 0 Å². The summed E-state index contributed by atoms with van der Waals surface area (Å²) in [7, 11) is 0. The van der Waals surface area contributed by atoms with Gasteiger partial charge in [-0.05, 0) is 24.1 Å². The Bertz CT molecular complexity index is 406. The zero-order valence-corrected chi connectivity index (χ0v) is 9.15. The van der Waals surface area contributed by atoms with E-state index in [0.29, 0.717) is 12.1 Å². The molecule has 1 rings (SSSR count). The molecule has 3 N–H and O–H groups in total. The maximum Gasteiger partial charge on any atom is 0.419 e. The molecule has 0 aliphatic rings. The molecule has 0 spiro atoms. The predicted molar refractivity (Wildman–Crippen MR) is 54.1 cm³/mol. The Hall–Kier alpha value is -1.18. The Labute approximate surface area is 100 Å². The molecule has 0 amide bonds. The lowest BCUT2D eigenvalue weighted by Gasteiger charge is -2.18. The molecule has 0 radical (unpaired) electrons. The van der Waals surface area contributed by atoms with E-state index in [0.717, 1.165) is 6.07 Å². The van der Waals surface area contributed by atoms with Crippen molar-refractivity contribution in [3.63, 3.8) is 0 Å². The van der Waals surface area contributed by atoms with E-state index in [1.807, 2.05) is 0 Å². The number of hydrogen-bond donors (Lipinski definition) is 3. The third-order valence-electron chi connectivity index (χ3n) is 2.43. The van der Waals surface area contributed by atoms with Crippen LogP contribution in [-0.2, 0) is 6.18 Å². The summed E-state index contributed by atoms with van der Waals surface area (Å²) in [5, 5.41) is 27.4. The maximum absolute atomic E-state index is 13.2. The highest BCUT2D eigenvalue weighted by atomic mass is 19.4. The number of halogens is 4. The molecule has 0 aliphatic heterocycles. The van der Waals surface area contributed by atoms with Crippen molar-refractivity contribution in [3.8, 4) is 0 Å². The van der Waals surface area contributed by atoms with Crippen LogP contribution in [0.4, 0.5) is 17.6 Å². The van der Waals surface area contributed by atoms with Gasteiger partial charge in [-0.3, -0.25) is 0 Å². The molecule has 0 aliphatic carbocycles. The first-order valence-corrected chi connectivity index (χ1v) is 5.11. The van der Waals surface area contributed by atoms with Crippen molar-refractivity contribution < 1.29 is 32.9 Å². The van der Waals surface area contributed by atoms with Crippen LogP contribution in [0.25, 0.3) is 0 Å². The van der Waals surface area contributed by atoms with Crippen LogP contribution in [0.5, 0.6) is 0 Å². The first-order chi connectivity index (χ1) is 8.27. The Morgan fingerprint density at radius 1 is 1.17 bits per heavy atom. The number of aliphatic hydroxyl groups is 3. The van der Waals surface area contributed by atoms with Gasteiger partial charge in [-0.15, -0.1) is 0 Å². The lowest BCUT2D eigenvalue weighted by Crippen LogP contribution is -2.20. The molecule has 1 aromatic rings. The minimum absolute atomic E-state index is 0.163. The highest BCUT2D eigenvalue weighted by Gasteiger charge is 2.34. The van der Waals surface area contributed by atoms with Crippen molar-refractivity contribution >= 4 is 0 Å². The Balaban J connectivity index is 2.97. The van der Waals surface area contributed by atoms with E-state index in [2.05, 4.69) is 0 Å². The second kappa shape index (κ2) is 5.64. The summed E-state index contributed by atoms with van der Waals surface area (Å²) >= 11 is 0. The monoisotopic (exact) mass is 268 g/mol. The third-order valence-corrected chi connectivity index (χ3v) is 2.43. The molecule has 1 aromatic carbocycles. The topological polar surface area (TPSA) is 60.7 Å². The number of hydrogen-bond acceptors (Lipinski definition) is 3. The van der Waals surface area contributed by atoms with E-state index >= 15 is 0 Å². The van der Waals surface area contributed by atoms with Crippen LogP contribution in [0, 0.1) is 5.82 Å². The summed E-state index contributed by atoms with van der Waals surface area (Å²) in [4.78, 5) is 0. The van der Waals surface area contributed by atoms with Crippen LogP contribution in [0.3, 0.4) is 0 Å². The Morgan fingerprint density at radius 3 is 2.22 bits per heavy atom. The number of alkyl halides is 3. The van der Waals surface area contributed by atoms with Gasteiger partial charge >= 0.3 is 6.18 Å². The summed E-state index contributed by atoms with van der Waals surface area (Å²) in [5.41, 5.74) is -1.61. The Kier molecular flexibility index (Phi) is 4.66. The van der Waals surface area contributed by atoms with Crippen LogP contribution in [-0.4, -0.2) is 28.0 Å². The first-order valence-electron chi connectivity index (χ1n) is 5.11. The Morgan fingerprint density at radius 2 is 1.78 bits per heavy atom. The number of aliphatic hydroxyl groups excluding tert-OH is 3. The predicted octanol–water partition coefficient (Wildman–Crippen LogP) is 1.62. The first kappa shape index (κ1) is 14.9. The fraction of sp³-hybridized carbons (Fsp3) is 0.455. The van der Waals surface area contributed by atoms with E-state index in [4.69, 9.17) is 5.11 Å². The standard InChI is InChI=1S/C11H12F4O3/c12-8-5-6(10(18)9(17)3-4-16)1-2-7(8)11(13,14)15/h1-2,5,9-10,16-18H,3-4H2. The van der Waals surface area contributed by atoms with Gasteiger partial charge in [0.1, 0.15) is 11.9 Å². The summed E-state index contributed by atoms with van der Waals surface area (Å²) in [6.45, 7) is -0.401. The SMILES string of the molecule is OCCC(O)C(O)c1ccc(C(F)(F)F)c(F)c1. The summed E-state index contributed by atoms with van der Waals surface area (Å²) in [6.07, 6.45) is -7.89. The van der Waals surface area contributed by atoms with E-state index in [9.17, 15) is 27.8 Å². The smallest absolute Gasteiger partial charge is 0.396 e. The normalized spacial score (nSPS) is 15.5. The van der Waals surface area contributed by atoms with E-state index in [1.165, 1.54) is 0 Å². The highest BCUT2D eigenvalue weighted by Crippen LogP contribution is 2.32. The lowest BCUT2D eigenvalue weighted by molar-refractivity contribution is -0.140. The maximum atomic E-state index is 13.2. The molecular formula is C11H12F4O3. The average Bonchev–Trinajstić information content (AvgIpc) is 2.26.